The van der Waals surface area contributed by atoms with Crippen molar-refractivity contribution in [2.45, 2.75) is 51.1 Å². The zero-order valence-electron chi connectivity index (χ0n) is 24.3. The number of halogens is 2. The molecule has 232 valence electrons. The van der Waals surface area contributed by atoms with Gasteiger partial charge in [0.15, 0.2) is 0 Å². The third-order valence-corrected chi connectivity index (χ3v) is 7.70. The van der Waals surface area contributed by atoms with Crippen molar-refractivity contribution in [3.05, 3.63) is 35.9 Å². The maximum atomic E-state index is 15.0. The normalized spacial score (nSPS) is 18.5. The van der Waals surface area contributed by atoms with Crippen molar-refractivity contribution in [1.29, 1.82) is 0 Å². The Hall–Kier alpha value is -3.81. The highest BCUT2D eigenvalue weighted by Crippen LogP contribution is 2.50. The Morgan fingerprint density at radius 2 is 1.60 bits per heavy atom. The predicted molar refractivity (Wildman–Crippen MR) is 150 cm³/mol. The van der Waals surface area contributed by atoms with Crippen LogP contribution in [0.2, 0.25) is 0 Å². The maximum absolute atomic E-state index is 15.0. The highest BCUT2D eigenvalue weighted by molar-refractivity contribution is 5.92. The van der Waals surface area contributed by atoms with Crippen LogP contribution in [-0.2, 0) is 25.6 Å². The van der Waals surface area contributed by atoms with Gasteiger partial charge in [-0.25, -0.2) is 13.6 Å². The van der Waals surface area contributed by atoms with Gasteiger partial charge in [0, 0.05) is 26.7 Å². The average Bonchev–Trinajstić information content (AvgIpc) is 2.92. The Labute approximate surface area is 244 Å². The van der Waals surface area contributed by atoms with Gasteiger partial charge in [0.2, 0.25) is 23.6 Å². The first-order chi connectivity index (χ1) is 19.8. The maximum Gasteiger partial charge on any atom is 0.317 e. The summed E-state index contributed by atoms with van der Waals surface area (Å²) in [5.74, 6) is -5.65. The van der Waals surface area contributed by atoms with Crippen molar-refractivity contribution in [3.63, 3.8) is 0 Å². The van der Waals surface area contributed by atoms with Gasteiger partial charge in [-0.05, 0) is 30.7 Å². The lowest BCUT2D eigenvalue weighted by Gasteiger charge is -2.57. The summed E-state index contributed by atoms with van der Waals surface area (Å²) in [6.07, 6.45) is 0.568. The summed E-state index contributed by atoms with van der Waals surface area (Å²) in [6, 6.07) is 6.89. The molecular weight excluding hydrogens is 552 g/mol. The van der Waals surface area contributed by atoms with Crippen molar-refractivity contribution < 1.29 is 32.8 Å². The molecule has 0 unspecified atom stereocenters. The quantitative estimate of drug-likeness (QED) is 0.239. The van der Waals surface area contributed by atoms with Crippen molar-refractivity contribution in [1.82, 2.24) is 31.1 Å². The Bertz CT molecular complexity index is 1140. The van der Waals surface area contributed by atoms with Crippen LogP contribution in [0.3, 0.4) is 0 Å². The molecule has 0 bridgehead atoms. The minimum Gasteiger partial charge on any atom is -0.346 e. The van der Waals surface area contributed by atoms with Gasteiger partial charge in [-0.15, -0.1) is 0 Å². The first-order valence-corrected chi connectivity index (χ1v) is 14.0. The summed E-state index contributed by atoms with van der Waals surface area (Å²) in [7, 11) is 1.43. The molecule has 42 heavy (non-hydrogen) atoms. The number of piperidine rings is 1. The number of likely N-dealkylation sites (tertiary alicyclic amines) is 2. The molecule has 2 aliphatic rings. The second kappa shape index (κ2) is 13.9. The Balaban J connectivity index is 1.46. The molecule has 1 aromatic rings. The summed E-state index contributed by atoms with van der Waals surface area (Å²) in [5, 5.41) is 9.89. The third kappa shape index (κ3) is 8.14. The van der Waals surface area contributed by atoms with Gasteiger partial charge in [-0.2, -0.15) is 0 Å². The number of urea groups is 1. The summed E-state index contributed by atoms with van der Waals surface area (Å²) in [5.41, 5.74) is 5.44. The number of nitrogens with two attached hydrogens (primary N) is 1. The number of carbonyl (C=O) groups excluding carboxylic acids is 5. The smallest absolute Gasteiger partial charge is 0.317 e. The topological polar surface area (TPSA) is 166 Å². The molecule has 14 heteroatoms. The zero-order valence-corrected chi connectivity index (χ0v) is 24.3. The molecule has 2 atom stereocenters. The molecular formula is C28H41F2N7O5. The van der Waals surface area contributed by atoms with E-state index in [0.717, 1.165) is 10.5 Å². The highest BCUT2D eigenvalue weighted by Gasteiger charge is 2.63. The number of benzene rings is 1. The molecule has 1 aromatic carbocycles. The van der Waals surface area contributed by atoms with Crippen LogP contribution in [0.1, 0.15) is 32.3 Å². The lowest BCUT2D eigenvalue weighted by atomic mass is 9.69. The van der Waals surface area contributed by atoms with Crippen LogP contribution in [0.5, 0.6) is 0 Å². The van der Waals surface area contributed by atoms with Crippen LogP contribution < -0.4 is 27.0 Å². The summed E-state index contributed by atoms with van der Waals surface area (Å²) < 4.78 is 30.1. The zero-order chi connectivity index (χ0) is 31.1. The molecule has 3 rings (SSSR count). The van der Waals surface area contributed by atoms with E-state index in [-0.39, 0.29) is 38.4 Å². The van der Waals surface area contributed by atoms with Gasteiger partial charge in [0.05, 0.1) is 31.1 Å². The van der Waals surface area contributed by atoms with Crippen molar-refractivity contribution >= 4 is 29.7 Å². The van der Waals surface area contributed by atoms with Crippen LogP contribution in [0.15, 0.2) is 30.3 Å². The molecule has 0 aromatic heterocycles. The molecule has 6 N–H and O–H groups in total. The van der Waals surface area contributed by atoms with E-state index >= 15 is 8.78 Å². The largest absolute Gasteiger partial charge is 0.346 e. The molecule has 2 saturated heterocycles. The highest BCUT2D eigenvalue weighted by atomic mass is 19.3. The fourth-order valence-corrected chi connectivity index (χ4v) is 5.21. The molecule has 6 amide bonds. The number of hydrogen-bond donors (Lipinski definition) is 5. The number of amides is 6. The second-order valence-electron chi connectivity index (χ2n) is 11.4. The Morgan fingerprint density at radius 3 is 2.19 bits per heavy atom. The van der Waals surface area contributed by atoms with E-state index in [1.807, 2.05) is 44.2 Å². The van der Waals surface area contributed by atoms with E-state index in [4.69, 9.17) is 5.73 Å². The van der Waals surface area contributed by atoms with E-state index < -0.39 is 72.7 Å². The van der Waals surface area contributed by atoms with Crippen LogP contribution in [0, 0.1) is 11.3 Å². The Morgan fingerprint density at radius 1 is 0.952 bits per heavy atom. The molecule has 12 nitrogen and oxygen atoms in total. The number of nitrogens with zero attached hydrogens (tertiary/aromatic N) is 2. The van der Waals surface area contributed by atoms with E-state index in [1.165, 1.54) is 11.9 Å². The predicted octanol–water partition coefficient (Wildman–Crippen LogP) is -0.171. The number of alkyl halides is 2. The minimum atomic E-state index is -3.20. The monoisotopic (exact) mass is 593 g/mol. The first kappa shape index (κ1) is 32.7. The van der Waals surface area contributed by atoms with Gasteiger partial charge in [0.1, 0.15) is 6.04 Å². The van der Waals surface area contributed by atoms with Gasteiger partial charge >= 0.3 is 6.03 Å². The van der Waals surface area contributed by atoms with Crippen molar-refractivity contribution in [2.24, 2.45) is 17.1 Å². The van der Waals surface area contributed by atoms with Gasteiger partial charge in [-0.3, -0.25) is 19.2 Å². The van der Waals surface area contributed by atoms with Gasteiger partial charge in [-0.1, -0.05) is 44.2 Å². The van der Waals surface area contributed by atoms with Crippen molar-refractivity contribution in [3.8, 4) is 0 Å². The van der Waals surface area contributed by atoms with Crippen LogP contribution in [0.4, 0.5) is 13.6 Å². The van der Waals surface area contributed by atoms with Crippen LogP contribution in [0.25, 0.3) is 0 Å². The lowest BCUT2D eigenvalue weighted by molar-refractivity contribution is -0.214. The summed E-state index contributed by atoms with van der Waals surface area (Å²) in [4.78, 5) is 64.5. The lowest BCUT2D eigenvalue weighted by Crippen LogP contribution is -2.72. The number of rotatable bonds is 11. The van der Waals surface area contributed by atoms with Crippen LogP contribution >= 0.6 is 0 Å². The van der Waals surface area contributed by atoms with E-state index in [2.05, 4.69) is 21.3 Å². The van der Waals surface area contributed by atoms with E-state index in [0.29, 0.717) is 6.42 Å². The standard InChI is InChI=1S/C28H41F2N7O5/c1-18(2)11-21(35-22(38)13-33-24(40)20(31)12-19-7-5-4-6-8-19)25(41)34-14-23(39)36-10-9-27(28(29,30)17-36)15-37(16-27)26(42)32-3/h4-8,18,20-21H,9-17,31H2,1-3H3,(H,32,42)(H,33,40)(H,34,41)(H,35,38)/t20-,21-/m1/s1. The first-order valence-electron chi connectivity index (χ1n) is 14.0. The molecule has 0 saturated carbocycles. The second-order valence-corrected chi connectivity index (χ2v) is 11.4. The van der Waals surface area contributed by atoms with Gasteiger partial charge < -0.3 is 36.8 Å². The molecule has 2 aliphatic heterocycles. The fraction of sp³-hybridized carbons (Fsp3) is 0.607. The third-order valence-electron chi connectivity index (χ3n) is 7.70. The number of nitrogens with one attached hydrogen (secondary N) is 4. The number of hydrogen-bond acceptors (Lipinski definition) is 6. The summed E-state index contributed by atoms with van der Waals surface area (Å²) in [6.45, 7) is 1.87. The SMILES string of the molecule is CNC(=O)N1CC2(CCN(C(=O)CNC(=O)[C@@H](CC(C)C)NC(=O)CNC(=O)[C@H](N)Cc3ccccc3)CC2(F)F)C1. The molecule has 2 fully saturated rings. The van der Waals surface area contributed by atoms with Crippen molar-refractivity contribution in [2.75, 3.05) is 46.3 Å². The Kier molecular flexibility index (Phi) is 10.8. The minimum absolute atomic E-state index is 0.000514. The average molecular weight is 594 g/mol. The number of carbonyl (C=O) groups is 5. The van der Waals surface area contributed by atoms with Gasteiger partial charge in [0.25, 0.3) is 5.92 Å². The molecule has 0 radical (unpaired) electrons. The molecule has 1 spiro atoms. The fourth-order valence-electron chi connectivity index (χ4n) is 5.21. The summed E-state index contributed by atoms with van der Waals surface area (Å²) >= 11 is 0. The van der Waals surface area contributed by atoms with Crippen LogP contribution in [-0.4, -0.2) is 104 Å². The van der Waals surface area contributed by atoms with E-state index in [1.54, 1.807) is 0 Å². The molecule has 0 aliphatic carbocycles. The molecule has 2 heterocycles. The van der Waals surface area contributed by atoms with E-state index in [9.17, 15) is 24.0 Å².